The lowest BCUT2D eigenvalue weighted by Crippen LogP contribution is -2.52. The van der Waals surface area contributed by atoms with Gasteiger partial charge < -0.3 is 10.0 Å². The zero-order chi connectivity index (χ0) is 18.8. The number of carbonyl (C=O) groups is 1. The van der Waals surface area contributed by atoms with Crippen LogP contribution in [0.1, 0.15) is 36.5 Å². The molecule has 4 heteroatoms. The number of carbonyl (C=O) groups excluding carboxylic acids is 1. The van der Waals surface area contributed by atoms with Gasteiger partial charge in [0, 0.05) is 26.2 Å². The van der Waals surface area contributed by atoms with E-state index in [1.807, 2.05) is 12.1 Å². The molecule has 1 unspecified atom stereocenters. The number of fused-ring (bicyclic) bond motifs is 1. The average molecular weight is 364 g/mol. The van der Waals surface area contributed by atoms with Gasteiger partial charge in [-0.2, -0.15) is 0 Å². The number of hydrogen-bond donors (Lipinski definition) is 1. The lowest BCUT2D eigenvalue weighted by atomic mass is 9.91. The van der Waals surface area contributed by atoms with Crippen LogP contribution in [0.5, 0.6) is 5.75 Å². The third-order valence-corrected chi connectivity index (χ3v) is 6.05. The van der Waals surface area contributed by atoms with Crippen molar-refractivity contribution in [1.82, 2.24) is 9.80 Å². The molecule has 2 aromatic carbocycles. The van der Waals surface area contributed by atoms with Crippen molar-refractivity contribution in [3.8, 4) is 5.75 Å². The van der Waals surface area contributed by atoms with Gasteiger partial charge in [0.05, 0.1) is 6.04 Å². The molecule has 1 fully saturated rings. The van der Waals surface area contributed by atoms with E-state index in [0.717, 1.165) is 51.0 Å². The molecule has 0 saturated carbocycles. The van der Waals surface area contributed by atoms with E-state index in [2.05, 4.69) is 41.0 Å². The molecule has 0 spiro atoms. The minimum atomic E-state index is -0.109. The predicted molar refractivity (Wildman–Crippen MR) is 106 cm³/mol. The first-order valence-corrected chi connectivity index (χ1v) is 9.97. The molecule has 4 rings (SSSR count). The molecule has 1 saturated heterocycles. The van der Waals surface area contributed by atoms with Crippen LogP contribution in [0.25, 0.3) is 0 Å². The molecule has 2 aliphatic rings. The summed E-state index contributed by atoms with van der Waals surface area (Å²) in [7, 11) is 0. The summed E-state index contributed by atoms with van der Waals surface area (Å²) < 4.78 is 0. The molecule has 0 bridgehead atoms. The van der Waals surface area contributed by atoms with Crippen molar-refractivity contribution in [2.24, 2.45) is 5.92 Å². The SMILES string of the molecule is CC1CCN(C(=O)C2Cc3ccccc3CN2Cc2ccc(O)cc2)CC1. The standard InChI is InChI=1S/C23H28N2O2/c1-17-10-12-24(13-11-17)23(27)22-14-19-4-2-3-5-20(19)16-25(22)15-18-6-8-21(26)9-7-18/h2-9,17,22,26H,10-16H2,1H3. The summed E-state index contributed by atoms with van der Waals surface area (Å²) in [5, 5.41) is 9.55. The fourth-order valence-electron chi connectivity index (χ4n) is 4.26. The molecule has 0 radical (unpaired) electrons. The fraction of sp³-hybridized carbons (Fsp3) is 0.435. The highest BCUT2D eigenvalue weighted by atomic mass is 16.3. The van der Waals surface area contributed by atoms with E-state index in [1.165, 1.54) is 11.1 Å². The highest BCUT2D eigenvalue weighted by Gasteiger charge is 2.35. The maximum atomic E-state index is 13.4. The van der Waals surface area contributed by atoms with Crippen LogP contribution in [-0.2, 0) is 24.3 Å². The Hall–Kier alpha value is -2.33. The fourth-order valence-corrected chi connectivity index (χ4v) is 4.26. The Bertz CT molecular complexity index is 794. The molecule has 0 aromatic heterocycles. The number of benzene rings is 2. The zero-order valence-corrected chi connectivity index (χ0v) is 16.0. The Morgan fingerprint density at radius 3 is 2.41 bits per heavy atom. The van der Waals surface area contributed by atoms with Gasteiger partial charge in [0.25, 0.3) is 0 Å². The maximum absolute atomic E-state index is 13.4. The molecular formula is C23H28N2O2. The first-order chi connectivity index (χ1) is 13.1. The van der Waals surface area contributed by atoms with E-state index in [1.54, 1.807) is 12.1 Å². The minimum Gasteiger partial charge on any atom is -0.508 e. The van der Waals surface area contributed by atoms with Crippen LogP contribution in [0, 0.1) is 5.92 Å². The summed E-state index contributed by atoms with van der Waals surface area (Å²) in [5.41, 5.74) is 3.73. The molecular weight excluding hydrogens is 336 g/mol. The Balaban J connectivity index is 1.57. The second kappa shape index (κ2) is 7.73. The maximum Gasteiger partial charge on any atom is 0.240 e. The normalized spacial score (nSPS) is 21.1. The number of rotatable bonds is 3. The van der Waals surface area contributed by atoms with Crippen LogP contribution in [0.2, 0.25) is 0 Å². The quantitative estimate of drug-likeness (QED) is 0.905. The van der Waals surface area contributed by atoms with E-state index >= 15 is 0 Å². The summed E-state index contributed by atoms with van der Waals surface area (Å²) in [6.45, 7) is 5.54. The summed E-state index contributed by atoms with van der Waals surface area (Å²) in [6.07, 6.45) is 2.99. The second-order valence-corrected chi connectivity index (χ2v) is 8.07. The lowest BCUT2D eigenvalue weighted by Gasteiger charge is -2.40. The van der Waals surface area contributed by atoms with Crippen molar-refractivity contribution in [3.63, 3.8) is 0 Å². The predicted octanol–water partition coefficient (Wildman–Crippen LogP) is 3.58. The highest BCUT2D eigenvalue weighted by Crippen LogP contribution is 2.28. The number of likely N-dealkylation sites (tertiary alicyclic amines) is 1. The number of aromatic hydroxyl groups is 1. The van der Waals surface area contributed by atoms with Gasteiger partial charge in [-0.25, -0.2) is 0 Å². The number of phenols is 1. The monoisotopic (exact) mass is 364 g/mol. The summed E-state index contributed by atoms with van der Waals surface area (Å²) in [6, 6.07) is 15.7. The van der Waals surface area contributed by atoms with Gasteiger partial charge in [-0.05, 0) is 54.0 Å². The topological polar surface area (TPSA) is 43.8 Å². The molecule has 0 aliphatic carbocycles. The van der Waals surface area contributed by atoms with Crippen LogP contribution in [0.4, 0.5) is 0 Å². The van der Waals surface area contributed by atoms with Gasteiger partial charge in [0.15, 0.2) is 0 Å². The molecule has 2 aromatic rings. The Morgan fingerprint density at radius 1 is 1.04 bits per heavy atom. The molecule has 1 atom stereocenters. The molecule has 2 aliphatic heterocycles. The van der Waals surface area contributed by atoms with Crippen molar-refractivity contribution in [3.05, 3.63) is 65.2 Å². The number of nitrogens with zero attached hydrogens (tertiary/aromatic N) is 2. The van der Waals surface area contributed by atoms with Crippen molar-refractivity contribution >= 4 is 5.91 Å². The van der Waals surface area contributed by atoms with Crippen LogP contribution < -0.4 is 0 Å². The molecule has 1 N–H and O–H groups in total. The number of hydrogen-bond acceptors (Lipinski definition) is 3. The Labute approximate surface area is 161 Å². The molecule has 142 valence electrons. The van der Waals surface area contributed by atoms with Gasteiger partial charge in [0.1, 0.15) is 5.75 Å². The van der Waals surface area contributed by atoms with Crippen molar-refractivity contribution < 1.29 is 9.90 Å². The molecule has 4 nitrogen and oxygen atoms in total. The Morgan fingerprint density at radius 2 is 1.70 bits per heavy atom. The first-order valence-electron chi connectivity index (χ1n) is 9.97. The zero-order valence-electron chi connectivity index (χ0n) is 16.0. The third-order valence-electron chi connectivity index (χ3n) is 6.05. The molecule has 2 heterocycles. The van der Waals surface area contributed by atoms with E-state index in [-0.39, 0.29) is 17.7 Å². The lowest BCUT2D eigenvalue weighted by molar-refractivity contribution is -0.139. The summed E-state index contributed by atoms with van der Waals surface area (Å²) in [4.78, 5) is 17.7. The van der Waals surface area contributed by atoms with E-state index in [4.69, 9.17) is 0 Å². The van der Waals surface area contributed by atoms with Crippen LogP contribution in [-0.4, -0.2) is 39.9 Å². The van der Waals surface area contributed by atoms with E-state index in [9.17, 15) is 9.90 Å². The number of phenolic OH excluding ortho intramolecular Hbond substituents is 1. The van der Waals surface area contributed by atoms with Crippen LogP contribution in [0.3, 0.4) is 0 Å². The van der Waals surface area contributed by atoms with Gasteiger partial charge in [-0.15, -0.1) is 0 Å². The van der Waals surface area contributed by atoms with Gasteiger partial charge in [-0.1, -0.05) is 43.3 Å². The second-order valence-electron chi connectivity index (χ2n) is 8.07. The van der Waals surface area contributed by atoms with Gasteiger partial charge in [0.2, 0.25) is 5.91 Å². The van der Waals surface area contributed by atoms with Crippen molar-refractivity contribution in [2.75, 3.05) is 13.1 Å². The van der Waals surface area contributed by atoms with Crippen LogP contribution in [0.15, 0.2) is 48.5 Å². The largest absolute Gasteiger partial charge is 0.508 e. The Kier molecular flexibility index (Phi) is 5.17. The molecule has 1 amide bonds. The first kappa shape index (κ1) is 18.1. The number of amides is 1. The highest BCUT2D eigenvalue weighted by molar-refractivity contribution is 5.82. The summed E-state index contributed by atoms with van der Waals surface area (Å²) in [5.74, 6) is 1.27. The third kappa shape index (κ3) is 4.01. The van der Waals surface area contributed by atoms with Crippen LogP contribution >= 0.6 is 0 Å². The average Bonchev–Trinajstić information content (AvgIpc) is 2.69. The smallest absolute Gasteiger partial charge is 0.240 e. The van der Waals surface area contributed by atoms with Gasteiger partial charge in [-0.3, -0.25) is 9.69 Å². The molecule has 27 heavy (non-hydrogen) atoms. The van der Waals surface area contributed by atoms with E-state index in [0.29, 0.717) is 5.92 Å². The van der Waals surface area contributed by atoms with Crippen molar-refractivity contribution in [1.29, 1.82) is 0 Å². The summed E-state index contributed by atoms with van der Waals surface area (Å²) >= 11 is 0. The minimum absolute atomic E-state index is 0.109. The number of piperidine rings is 1. The van der Waals surface area contributed by atoms with Crippen molar-refractivity contribution in [2.45, 2.75) is 45.3 Å². The van der Waals surface area contributed by atoms with E-state index < -0.39 is 0 Å². The van der Waals surface area contributed by atoms with Gasteiger partial charge >= 0.3 is 0 Å².